The van der Waals surface area contributed by atoms with Gasteiger partial charge in [0, 0.05) is 6.54 Å². The summed E-state index contributed by atoms with van der Waals surface area (Å²) in [5.74, 6) is 0.905. The summed E-state index contributed by atoms with van der Waals surface area (Å²) in [5, 5.41) is 12.9. The Hall–Kier alpha value is -1.06. The van der Waals surface area contributed by atoms with E-state index in [1.165, 1.54) is 5.56 Å². The van der Waals surface area contributed by atoms with Crippen LogP contribution in [0.1, 0.15) is 37.0 Å². The summed E-state index contributed by atoms with van der Waals surface area (Å²) in [6.07, 6.45) is 0.335. The molecular weight excluding hydrogens is 226 g/mol. The van der Waals surface area contributed by atoms with E-state index in [2.05, 4.69) is 38.2 Å². The normalized spacial score (nSPS) is 12.5. The van der Waals surface area contributed by atoms with Gasteiger partial charge in [-0.1, -0.05) is 26.0 Å². The lowest BCUT2D eigenvalue weighted by atomic mass is 10.1. The van der Waals surface area contributed by atoms with Gasteiger partial charge in [-0.3, -0.25) is 0 Å². The quantitative estimate of drug-likeness (QED) is 0.782. The van der Waals surface area contributed by atoms with E-state index in [0.717, 1.165) is 36.4 Å². The molecule has 1 aromatic rings. The molecule has 1 rings (SSSR count). The van der Waals surface area contributed by atoms with E-state index in [1.807, 2.05) is 6.92 Å². The molecule has 1 aromatic carbocycles. The van der Waals surface area contributed by atoms with Crippen LogP contribution in [0.3, 0.4) is 0 Å². The number of aryl methyl sites for hydroxylation is 2. The summed E-state index contributed by atoms with van der Waals surface area (Å²) in [6, 6.07) is 4.28. The maximum Gasteiger partial charge on any atom is 0.125 e. The van der Waals surface area contributed by atoms with Crippen molar-refractivity contribution in [1.29, 1.82) is 0 Å². The molecule has 3 heteroatoms. The Morgan fingerprint density at radius 1 is 1.22 bits per heavy atom. The van der Waals surface area contributed by atoms with E-state index in [0.29, 0.717) is 6.61 Å². The second-order valence-electron chi connectivity index (χ2n) is 4.71. The third-order valence-corrected chi connectivity index (χ3v) is 2.99. The van der Waals surface area contributed by atoms with Gasteiger partial charge >= 0.3 is 0 Å². The SMILES string of the molecule is CCNCc1cc(C)c(OCC(O)CC)c(C)c1. The first-order valence-corrected chi connectivity index (χ1v) is 6.70. The summed E-state index contributed by atoms with van der Waals surface area (Å²) < 4.78 is 5.71. The molecule has 0 aliphatic heterocycles. The summed E-state index contributed by atoms with van der Waals surface area (Å²) in [6.45, 7) is 10.4. The first-order valence-electron chi connectivity index (χ1n) is 6.70. The van der Waals surface area contributed by atoms with Crippen LogP contribution < -0.4 is 10.1 Å². The Morgan fingerprint density at radius 2 is 1.83 bits per heavy atom. The van der Waals surface area contributed by atoms with E-state index in [4.69, 9.17) is 4.74 Å². The molecule has 0 radical (unpaired) electrons. The molecule has 1 atom stereocenters. The van der Waals surface area contributed by atoms with E-state index in [1.54, 1.807) is 0 Å². The molecule has 18 heavy (non-hydrogen) atoms. The smallest absolute Gasteiger partial charge is 0.125 e. The molecule has 0 saturated carbocycles. The molecule has 0 spiro atoms. The van der Waals surface area contributed by atoms with Crippen molar-refractivity contribution in [2.24, 2.45) is 0 Å². The average Bonchev–Trinajstić information content (AvgIpc) is 2.34. The van der Waals surface area contributed by atoms with Crippen molar-refractivity contribution in [2.75, 3.05) is 13.2 Å². The molecule has 2 N–H and O–H groups in total. The van der Waals surface area contributed by atoms with Gasteiger partial charge in [0.15, 0.2) is 0 Å². The van der Waals surface area contributed by atoms with Crippen molar-refractivity contribution in [1.82, 2.24) is 5.32 Å². The predicted molar refractivity (Wildman–Crippen MR) is 75.1 cm³/mol. The van der Waals surface area contributed by atoms with Crippen molar-refractivity contribution in [3.8, 4) is 5.75 Å². The van der Waals surface area contributed by atoms with Crippen LogP contribution in [0.15, 0.2) is 12.1 Å². The highest BCUT2D eigenvalue weighted by Crippen LogP contribution is 2.25. The molecule has 3 nitrogen and oxygen atoms in total. The minimum absolute atomic E-state index is 0.366. The van der Waals surface area contributed by atoms with Gasteiger partial charge in [0.25, 0.3) is 0 Å². The number of benzene rings is 1. The Bertz CT molecular complexity index is 354. The van der Waals surface area contributed by atoms with Crippen LogP contribution in [0.25, 0.3) is 0 Å². The van der Waals surface area contributed by atoms with E-state index < -0.39 is 0 Å². The molecule has 0 aliphatic carbocycles. The lowest BCUT2D eigenvalue weighted by Gasteiger charge is -2.16. The molecule has 0 bridgehead atoms. The summed E-state index contributed by atoms with van der Waals surface area (Å²) in [5.41, 5.74) is 3.53. The Balaban J connectivity index is 2.74. The van der Waals surface area contributed by atoms with Gasteiger partial charge in [0.1, 0.15) is 12.4 Å². The Morgan fingerprint density at radius 3 is 2.33 bits per heavy atom. The Kier molecular flexibility index (Phi) is 6.16. The van der Waals surface area contributed by atoms with Crippen LogP contribution in [-0.4, -0.2) is 24.4 Å². The fourth-order valence-corrected chi connectivity index (χ4v) is 1.94. The van der Waals surface area contributed by atoms with Gasteiger partial charge in [0.05, 0.1) is 6.10 Å². The van der Waals surface area contributed by atoms with Crippen LogP contribution in [0, 0.1) is 13.8 Å². The second-order valence-corrected chi connectivity index (χ2v) is 4.71. The standard InChI is InChI=1S/C15H25NO2/c1-5-14(17)10-18-15-11(3)7-13(8-12(15)4)9-16-6-2/h7-8,14,16-17H,5-6,9-10H2,1-4H3. The molecular formula is C15H25NO2. The second kappa shape index (κ2) is 7.39. The zero-order valence-corrected chi connectivity index (χ0v) is 11.9. The van der Waals surface area contributed by atoms with Crippen molar-refractivity contribution < 1.29 is 9.84 Å². The van der Waals surface area contributed by atoms with Crippen molar-refractivity contribution in [3.05, 3.63) is 28.8 Å². The molecule has 0 amide bonds. The predicted octanol–water partition coefficient (Wildman–Crippen LogP) is 2.56. The van der Waals surface area contributed by atoms with Gasteiger partial charge < -0.3 is 15.2 Å². The largest absolute Gasteiger partial charge is 0.490 e. The highest BCUT2D eigenvalue weighted by Gasteiger charge is 2.08. The zero-order valence-electron chi connectivity index (χ0n) is 11.9. The van der Waals surface area contributed by atoms with Crippen molar-refractivity contribution >= 4 is 0 Å². The van der Waals surface area contributed by atoms with Crippen LogP contribution in [0.4, 0.5) is 0 Å². The maximum absolute atomic E-state index is 9.54. The molecule has 0 heterocycles. The van der Waals surface area contributed by atoms with Gasteiger partial charge in [0.2, 0.25) is 0 Å². The maximum atomic E-state index is 9.54. The first kappa shape index (κ1) is 15.0. The number of rotatable bonds is 7. The van der Waals surface area contributed by atoms with E-state index in [9.17, 15) is 5.11 Å². The van der Waals surface area contributed by atoms with Gasteiger partial charge in [-0.2, -0.15) is 0 Å². The molecule has 0 aromatic heterocycles. The molecule has 102 valence electrons. The number of aliphatic hydroxyl groups is 1. The minimum Gasteiger partial charge on any atom is -0.490 e. The average molecular weight is 251 g/mol. The van der Waals surface area contributed by atoms with E-state index in [-0.39, 0.29) is 6.10 Å². The lowest BCUT2D eigenvalue weighted by molar-refractivity contribution is 0.103. The van der Waals surface area contributed by atoms with Gasteiger partial charge in [-0.25, -0.2) is 0 Å². The summed E-state index contributed by atoms with van der Waals surface area (Å²) in [4.78, 5) is 0. The topological polar surface area (TPSA) is 41.5 Å². The van der Waals surface area contributed by atoms with E-state index >= 15 is 0 Å². The Labute approximate surface area is 110 Å². The van der Waals surface area contributed by atoms with Crippen molar-refractivity contribution in [2.45, 2.75) is 46.8 Å². The third kappa shape index (κ3) is 4.31. The number of aliphatic hydroxyl groups excluding tert-OH is 1. The van der Waals surface area contributed by atoms with Gasteiger partial charge in [-0.15, -0.1) is 0 Å². The van der Waals surface area contributed by atoms with Crippen LogP contribution >= 0.6 is 0 Å². The van der Waals surface area contributed by atoms with Crippen LogP contribution in [0.2, 0.25) is 0 Å². The third-order valence-electron chi connectivity index (χ3n) is 2.99. The molecule has 0 saturated heterocycles. The molecule has 0 fully saturated rings. The highest BCUT2D eigenvalue weighted by molar-refractivity contribution is 5.43. The monoisotopic (exact) mass is 251 g/mol. The van der Waals surface area contributed by atoms with Gasteiger partial charge in [-0.05, 0) is 43.5 Å². The summed E-state index contributed by atoms with van der Waals surface area (Å²) >= 11 is 0. The molecule has 1 unspecified atom stereocenters. The van der Waals surface area contributed by atoms with Crippen LogP contribution in [-0.2, 0) is 6.54 Å². The zero-order chi connectivity index (χ0) is 13.5. The molecule has 0 aliphatic rings. The van der Waals surface area contributed by atoms with Crippen molar-refractivity contribution in [3.63, 3.8) is 0 Å². The number of hydrogen-bond acceptors (Lipinski definition) is 3. The minimum atomic E-state index is -0.384. The summed E-state index contributed by atoms with van der Waals surface area (Å²) in [7, 11) is 0. The first-order chi connectivity index (χ1) is 8.58. The fourth-order valence-electron chi connectivity index (χ4n) is 1.94. The number of nitrogens with one attached hydrogen (secondary N) is 1. The van der Waals surface area contributed by atoms with Crippen LogP contribution in [0.5, 0.6) is 5.75 Å². The fraction of sp³-hybridized carbons (Fsp3) is 0.600. The number of hydrogen-bond donors (Lipinski definition) is 2. The lowest BCUT2D eigenvalue weighted by Crippen LogP contribution is -2.17. The highest BCUT2D eigenvalue weighted by atomic mass is 16.5. The number of ether oxygens (including phenoxy) is 1.